The van der Waals surface area contributed by atoms with E-state index in [1.54, 1.807) is 11.6 Å². The van der Waals surface area contributed by atoms with Gasteiger partial charge in [0.2, 0.25) is 5.54 Å². The van der Waals surface area contributed by atoms with Crippen LogP contribution in [0.4, 0.5) is 17.6 Å². The number of aromatic nitrogens is 5. The first-order valence-electron chi connectivity index (χ1n) is 13.8. The Labute approximate surface area is 256 Å². The number of aliphatic hydroxyl groups is 1. The van der Waals surface area contributed by atoms with Crippen molar-refractivity contribution in [2.75, 3.05) is 20.3 Å². The fraction of sp³-hybridized carbons (Fsp3) is 0.300. The normalized spacial score (nSPS) is 19.2. The number of benzene rings is 2. The summed E-state index contributed by atoms with van der Waals surface area (Å²) in [6.07, 6.45) is -1.87. The Morgan fingerprint density at radius 1 is 1.18 bits per heavy atom. The van der Waals surface area contributed by atoms with Crippen LogP contribution in [0.25, 0.3) is 21.5 Å². The Morgan fingerprint density at radius 2 is 1.91 bits per heavy atom. The largest absolute Gasteiger partial charge is 0.494 e. The summed E-state index contributed by atoms with van der Waals surface area (Å²) >= 11 is 1.33. The number of carbonyl (C=O) groups excluding carboxylic acids is 1. The van der Waals surface area contributed by atoms with Crippen LogP contribution in [0.2, 0.25) is 0 Å². The van der Waals surface area contributed by atoms with Crippen LogP contribution in [0.15, 0.2) is 60.6 Å². The summed E-state index contributed by atoms with van der Waals surface area (Å²) in [7, 11) is 1.46. The van der Waals surface area contributed by atoms with Gasteiger partial charge in [0.25, 0.3) is 5.91 Å². The van der Waals surface area contributed by atoms with Crippen molar-refractivity contribution in [3.8, 4) is 22.8 Å². The van der Waals surface area contributed by atoms with Gasteiger partial charge in [-0.1, -0.05) is 0 Å². The number of nitrogens with zero attached hydrogens (tertiary/aromatic N) is 5. The van der Waals surface area contributed by atoms with Gasteiger partial charge in [-0.25, -0.2) is 14.4 Å². The molecule has 5 aromatic rings. The van der Waals surface area contributed by atoms with Crippen molar-refractivity contribution in [1.29, 1.82) is 0 Å². The van der Waals surface area contributed by atoms with Gasteiger partial charge in [-0.3, -0.25) is 9.36 Å². The highest BCUT2D eigenvalue weighted by molar-refractivity contribution is 7.16. The number of ether oxygens (including phenoxy) is 2. The van der Waals surface area contributed by atoms with Gasteiger partial charge in [-0.05, 0) is 61.2 Å². The molecular formula is C30H24F4N6O4S. The summed E-state index contributed by atoms with van der Waals surface area (Å²) in [5, 5.41) is 22.1. The topological polar surface area (TPSA) is 124 Å². The number of nitrogens with one attached hydrogen (secondary N) is 1. The van der Waals surface area contributed by atoms with Crippen molar-refractivity contribution in [2.24, 2.45) is 5.92 Å². The van der Waals surface area contributed by atoms with E-state index >= 15 is 13.2 Å². The summed E-state index contributed by atoms with van der Waals surface area (Å²) in [4.78, 5) is 22.2. The molecule has 1 amide bonds. The van der Waals surface area contributed by atoms with E-state index in [1.165, 1.54) is 42.7 Å². The molecule has 1 aliphatic heterocycles. The number of halogens is 4. The van der Waals surface area contributed by atoms with Gasteiger partial charge in [0.15, 0.2) is 5.75 Å². The average Bonchev–Trinajstić information content (AvgIpc) is 3.38. The summed E-state index contributed by atoms with van der Waals surface area (Å²) in [6.45, 7) is -1.19. The van der Waals surface area contributed by atoms with E-state index in [0.29, 0.717) is 24.1 Å². The lowest BCUT2D eigenvalue weighted by Crippen LogP contribution is -2.50. The average molecular weight is 641 g/mol. The number of amides is 1. The number of hydrogen-bond donors (Lipinski definition) is 2. The van der Waals surface area contributed by atoms with E-state index in [-0.39, 0.29) is 40.4 Å². The molecule has 7 rings (SSSR count). The van der Waals surface area contributed by atoms with Gasteiger partial charge >= 0.3 is 6.18 Å². The minimum atomic E-state index is -4.89. The molecule has 2 atom stereocenters. The van der Waals surface area contributed by atoms with E-state index in [0.717, 1.165) is 34.1 Å². The maximum atomic E-state index is 15.1. The first kappa shape index (κ1) is 29.1. The number of rotatable bonds is 8. The Kier molecular flexibility index (Phi) is 6.78. The Hall–Kier alpha value is -4.63. The van der Waals surface area contributed by atoms with Gasteiger partial charge in [0.05, 0.1) is 29.6 Å². The van der Waals surface area contributed by atoms with E-state index in [1.807, 2.05) is 0 Å². The van der Waals surface area contributed by atoms with Crippen molar-refractivity contribution >= 4 is 27.5 Å². The third-order valence-corrected chi connectivity index (χ3v) is 9.16. The van der Waals surface area contributed by atoms with Crippen LogP contribution in [0.3, 0.4) is 0 Å². The highest BCUT2D eigenvalue weighted by Crippen LogP contribution is 2.54. The molecule has 0 spiro atoms. The van der Waals surface area contributed by atoms with Gasteiger partial charge in [0, 0.05) is 16.7 Å². The number of pyridine rings is 1. The number of fused-ring (bicyclic) bond motifs is 2. The molecule has 0 radical (unpaired) electrons. The highest BCUT2D eigenvalue weighted by Gasteiger charge is 2.63. The van der Waals surface area contributed by atoms with Gasteiger partial charge in [-0.2, -0.15) is 13.2 Å². The first-order chi connectivity index (χ1) is 21.5. The third kappa shape index (κ3) is 4.68. The number of methoxy groups -OCH3 is 1. The summed E-state index contributed by atoms with van der Waals surface area (Å²) < 4.78 is 71.7. The Bertz CT molecular complexity index is 1910. The summed E-state index contributed by atoms with van der Waals surface area (Å²) in [5.74, 6) is -1.24. The monoisotopic (exact) mass is 640 g/mol. The Morgan fingerprint density at radius 3 is 2.58 bits per heavy atom. The molecule has 1 saturated carbocycles. The molecule has 2 aliphatic rings. The fourth-order valence-electron chi connectivity index (χ4n) is 5.80. The Balaban J connectivity index is 1.34. The molecule has 2 N–H and O–H groups in total. The van der Waals surface area contributed by atoms with Crippen molar-refractivity contribution in [1.82, 2.24) is 30.0 Å². The molecule has 0 saturated heterocycles. The molecule has 0 unspecified atom stereocenters. The van der Waals surface area contributed by atoms with Crippen LogP contribution in [0.5, 0.6) is 11.5 Å². The van der Waals surface area contributed by atoms with E-state index < -0.39 is 41.6 Å². The zero-order chi connectivity index (χ0) is 31.6. The molecule has 0 bridgehead atoms. The van der Waals surface area contributed by atoms with Crippen LogP contribution in [0.1, 0.15) is 34.5 Å². The molecule has 45 heavy (non-hydrogen) atoms. The summed E-state index contributed by atoms with van der Waals surface area (Å²) in [5.41, 5.74) is -2.24. The molecule has 10 nitrogen and oxygen atoms in total. The van der Waals surface area contributed by atoms with Crippen LogP contribution in [-0.4, -0.2) is 62.2 Å². The van der Waals surface area contributed by atoms with Gasteiger partial charge < -0.3 is 19.9 Å². The van der Waals surface area contributed by atoms with Crippen molar-refractivity contribution in [2.45, 2.75) is 30.2 Å². The maximum absolute atomic E-state index is 15.1. The lowest BCUT2D eigenvalue weighted by atomic mass is 9.85. The predicted molar refractivity (Wildman–Crippen MR) is 153 cm³/mol. The molecular weight excluding hydrogens is 616 g/mol. The molecule has 3 aromatic heterocycles. The van der Waals surface area contributed by atoms with Gasteiger partial charge in [0.1, 0.15) is 47.6 Å². The number of carbonyl (C=O) groups is 1. The second-order valence-electron chi connectivity index (χ2n) is 11.0. The molecule has 4 heterocycles. The minimum absolute atomic E-state index is 0.00696. The maximum Gasteiger partial charge on any atom is 0.419 e. The number of thiazole rings is 1. The summed E-state index contributed by atoms with van der Waals surface area (Å²) in [6, 6.07) is 9.42. The quantitative estimate of drug-likeness (QED) is 0.232. The second kappa shape index (κ2) is 10.5. The van der Waals surface area contributed by atoms with Crippen LogP contribution >= 0.6 is 11.3 Å². The smallest absolute Gasteiger partial charge is 0.419 e. The predicted octanol–water partition coefficient (Wildman–Crippen LogP) is 4.82. The van der Waals surface area contributed by atoms with Crippen LogP contribution < -0.4 is 14.8 Å². The molecule has 2 aromatic carbocycles. The highest BCUT2D eigenvalue weighted by atomic mass is 32.1. The van der Waals surface area contributed by atoms with Crippen LogP contribution in [0, 0.1) is 11.7 Å². The first-order valence-corrected chi connectivity index (χ1v) is 14.7. The standard InChI is InChI=1S/C30H24F4N6O4S/c1-43-21-8-17(9-22-25(21)36-15-45-22)27(41)35-11-28(42,18-4-5-18)23-10-20-26(24(39-23)16-2-6-19(31)7-3-16)44-12-29(20,30(32,33)34)40-13-37-38-14-40/h2-3,6-10,13-15,18,42H,4-5,11-12H2,1H3,(H,35,41)/t28-,29+/m1/s1. The lowest BCUT2D eigenvalue weighted by molar-refractivity contribution is -0.202. The number of alkyl halides is 3. The molecule has 15 heteroatoms. The van der Waals surface area contributed by atoms with E-state index in [9.17, 15) is 14.3 Å². The van der Waals surface area contributed by atoms with E-state index in [4.69, 9.17) is 9.47 Å². The van der Waals surface area contributed by atoms with E-state index in [2.05, 4.69) is 25.5 Å². The fourth-order valence-corrected chi connectivity index (χ4v) is 6.53. The molecule has 1 fully saturated rings. The third-order valence-electron chi connectivity index (χ3n) is 8.39. The van der Waals surface area contributed by atoms with Crippen molar-refractivity contribution in [3.63, 3.8) is 0 Å². The lowest BCUT2D eigenvalue weighted by Gasteiger charge is -2.33. The second-order valence-corrected chi connectivity index (χ2v) is 11.9. The van der Waals surface area contributed by atoms with Crippen molar-refractivity contribution in [3.05, 3.63) is 83.3 Å². The zero-order valence-corrected chi connectivity index (χ0v) is 24.3. The SMILES string of the molecule is COc1cc(C(=O)NC[C@](O)(c2cc3c(c(-c4ccc(F)cc4)n2)OC[C@@]3(n2cnnc2)C(F)(F)F)C2CC2)cc2scnc12. The number of hydrogen-bond acceptors (Lipinski definition) is 9. The molecule has 1 aliphatic carbocycles. The zero-order valence-electron chi connectivity index (χ0n) is 23.5. The minimum Gasteiger partial charge on any atom is -0.494 e. The van der Waals surface area contributed by atoms with Gasteiger partial charge in [-0.15, -0.1) is 21.5 Å². The van der Waals surface area contributed by atoms with Crippen LogP contribution in [-0.2, 0) is 11.1 Å². The molecule has 232 valence electrons. The van der Waals surface area contributed by atoms with Crippen molar-refractivity contribution < 1.29 is 36.9 Å².